The van der Waals surface area contributed by atoms with Crippen LogP contribution in [0, 0.1) is 5.41 Å². The summed E-state index contributed by atoms with van der Waals surface area (Å²) in [5, 5.41) is 3.41. The van der Waals surface area contributed by atoms with E-state index in [0.717, 1.165) is 13.2 Å². The molecule has 1 N–H and O–H groups in total. The first-order chi connectivity index (χ1) is 5.12. The number of rotatable bonds is 0. The number of hydrogen-bond donors (Lipinski definition) is 1. The molecule has 1 unspecified atom stereocenters. The van der Waals surface area contributed by atoms with Crippen molar-refractivity contribution in [2.45, 2.75) is 32.3 Å². The molecule has 2 heterocycles. The van der Waals surface area contributed by atoms with Gasteiger partial charge in [0, 0.05) is 12.0 Å². The normalized spacial score (nSPS) is 38.5. The van der Waals surface area contributed by atoms with Crippen LogP contribution in [0.5, 0.6) is 0 Å². The van der Waals surface area contributed by atoms with Gasteiger partial charge in [0.2, 0.25) is 0 Å². The Morgan fingerprint density at radius 1 is 1.33 bits per heavy atom. The van der Waals surface area contributed by atoms with Gasteiger partial charge in [0.25, 0.3) is 0 Å². The Morgan fingerprint density at radius 3 is 2.50 bits per heavy atom. The van der Waals surface area contributed by atoms with E-state index in [4.69, 9.17) is 4.74 Å². The topological polar surface area (TPSA) is 21.3 Å². The lowest BCUT2D eigenvalue weighted by atomic mass is 9.81. The minimum Gasteiger partial charge on any atom is -0.375 e. The SMILES string of the molecule is CC1(C)CC2(CCNC2)CO1.Cl. The molecule has 0 bridgehead atoms. The summed E-state index contributed by atoms with van der Waals surface area (Å²) in [6.45, 7) is 7.70. The average Bonchev–Trinajstić information content (AvgIpc) is 2.43. The van der Waals surface area contributed by atoms with Crippen molar-refractivity contribution in [2.24, 2.45) is 5.41 Å². The molecule has 0 radical (unpaired) electrons. The van der Waals surface area contributed by atoms with Crippen molar-refractivity contribution in [1.82, 2.24) is 5.32 Å². The highest BCUT2D eigenvalue weighted by Gasteiger charge is 2.45. The van der Waals surface area contributed by atoms with Gasteiger partial charge in [0.15, 0.2) is 0 Å². The fourth-order valence-corrected chi connectivity index (χ4v) is 2.42. The largest absolute Gasteiger partial charge is 0.375 e. The van der Waals surface area contributed by atoms with Crippen LogP contribution < -0.4 is 5.32 Å². The number of ether oxygens (including phenoxy) is 1. The van der Waals surface area contributed by atoms with Crippen molar-refractivity contribution in [3.8, 4) is 0 Å². The van der Waals surface area contributed by atoms with E-state index in [1.807, 2.05) is 0 Å². The van der Waals surface area contributed by atoms with E-state index in [1.165, 1.54) is 19.4 Å². The van der Waals surface area contributed by atoms with Crippen molar-refractivity contribution in [3.05, 3.63) is 0 Å². The zero-order valence-corrected chi connectivity index (χ0v) is 8.67. The molecule has 2 rings (SSSR count). The van der Waals surface area contributed by atoms with Crippen LogP contribution in [0.1, 0.15) is 26.7 Å². The van der Waals surface area contributed by atoms with E-state index in [2.05, 4.69) is 19.2 Å². The van der Waals surface area contributed by atoms with Gasteiger partial charge in [-0.15, -0.1) is 12.4 Å². The quantitative estimate of drug-likeness (QED) is 0.628. The van der Waals surface area contributed by atoms with Crippen LogP contribution in [0.2, 0.25) is 0 Å². The van der Waals surface area contributed by atoms with E-state index < -0.39 is 0 Å². The van der Waals surface area contributed by atoms with Crippen molar-refractivity contribution >= 4 is 12.4 Å². The molecule has 72 valence electrons. The first-order valence-electron chi connectivity index (χ1n) is 4.47. The summed E-state index contributed by atoms with van der Waals surface area (Å²) in [4.78, 5) is 0. The van der Waals surface area contributed by atoms with Gasteiger partial charge < -0.3 is 10.1 Å². The molecule has 2 saturated heterocycles. The Bertz CT molecular complexity index is 164. The molecule has 0 aliphatic carbocycles. The fourth-order valence-electron chi connectivity index (χ4n) is 2.42. The minimum atomic E-state index is 0. The highest BCUT2D eigenvalue weighted by atomic mass is 35.5. The lowest BCUT2D eigenvalue weighted by Gasteiger charge is -2.21. The number of hydrogen-bond acceptors (Lipinski definition) is 2. The Labute approximate surface area is 80.5 Å². The Kier molecular flexibility index (Phi) is 2.72. The van der Waals surface area contributed by atoms with Crippen molar-refractivity contribution in [3.63, 3.8) is 0 Å². The molecule has 0 aromatic rings. The third-order valence-electron chi connectivity index (χ3n) is 2.90. The third kappa shape index (κ3) is 1.76. The summed E-state index contributed by atoms with van der Waals surface area (Å²) in [7, 11) is 0. The van der Waals surface area contributed by atoms with Crippen LogP contribution in [0.3, 0.4) is 0 Å². The zero-order valence-electron chi connectivity index (χ0n) is 7.85. The maximum absolute atomic E-state index is 5.74. The average molecular weight is 192 g/mol. The second kappa shape index (κ2) is 3.17. The lowest BCUT2D eigenvalue weighted by Crippen LogP contribution is -2.25. The summed E-state index contributed by atoms with van der Waals surface area (Å²) in [5.74, 6) is 0. The molecule has 2 aliphatic heterocycles. The molecule has 1 atom stereocenters. The molecule has 2 aliphatic rings. The number of nitrogens with one attached hydrogen (secondary N) is 1. The van der Waals surface area contributed by atoms with E-state index in [1.54, 1.807) is 0 Å². The lowest BCUT2D eigenvalue weighted by molar-refractivity contribution is 0.0320. The van der Waals surface area contributed by atoms with Gasteiger partial charge in [-0.1, -0.05) is 0 Å². The van der Waals surface area contributed by atoms with Crippen LogP contribution in [0.15, 0.2) is 0 Å². The van der Waals surface area contributed by atoms with Gasteiger partial charge in [0.1, 0.15) is 0 Å². The maximum atomic E-state index is 5.74. The molecule has 2 fully saturated rings. The van der Waals surface area contributed by atoms with E-state index in [-0.39, 0.29) is 18.0 Å². The molecule has 12 heavy (non-hydrogen) atoms. The van der Waals surface area contributed by atoms with Crippen molar-refractivity contribution in [2.75, 3.05) is 19.7 Å². The van der Waals surface area contributed by atoms with Gasteiger partial charge in [-0.05, 0) is 33.2 Å². The van der Waals surface area contributed by atoms with Gasteiger partial charge >= 0.3 is 0 Å². The van der Waals surface area contributed by atoms with E-state index >= 15 is 0 Å². The molecule has 0 amide bonds. The molecule has 0 saturated carbocycles. The minimum absolute atomic E-state index is 0. The standard InChI is InChI=1S/C9H17NO.ClH/c1-8(2)5-9(7-11-8)3-4-10-6-9;/h10H,3-7H2,1-2H3;1H. The van der Waals surface area contributed by atoms with Gasteiger partial charge in [0.05, 0.1) is 12.2 Å². The highest BCUT2D eigenvalue weighted by Crippen LogP contribution is 2.42. The summed E-state index contributed by atoms with van der Waals surface area (Å²) in [6, 6.07) is 0. The first-order valence-corrected chi connectivity index (χ1v) is 4.47. The second-order valence-electron chi connectivity index (χ2n) is 4.65. The van der Waals surface area contributed by atoms with Crippen LogP contribution in [0.4, 0.5) is 0 Å². The Hall–Kier alpha value is 0.210. The molecule has 0 aromatic heterocycles. The predicted octanol–water partition coefficient (Wildman–Crippen LogP) is 1.59. The molecule has 0 aromatic carbocycles. The van der Waals surface area contributed by atoms with Crippen LogP contribution in [-0.4, -0.2) is 25.3 Å². The summed E-state index contributed by atoms with van der Waals surface area (Å²) < 4.78 is 5.74. The zero-order chi connectivity index (χ0) is 7.95. The third-order valence-corrected chi connectivity index (χ3v) is 2.90. The summed E-state index contributed by atoms with van der Waals surface area (Å²) >= 11 is 0. The molecule has 1 spiro atoms. The molecular formula is C9H18ClNO. The molecule has 2 nitrogen and oxygen atoms in total. The van der Waals surface area contributed by atoms with E-state index in [9.17, 15) is 0 Å². The smallest absolute Gasteiger partial charge is 0.0633 e. The fraction of sp³-hybridized carbons (Fsp3) is 1.00. The Morgan fingerprint density at radius 2 is 2.08 bits per heavy atom. The highest BCUT2D eigenvalue weighted by molar-refractivity contribution is 5.85. The summed E-state index contributed by atoms with van der Waals surface area (Å²) in [6.07, 6.45) is 2.53. The van der Waals surface area contributed by atoms with Crippen LogP contribution in [-0.2, 0) is 4.74 Å². The Balaban J connectivity index is 0.000000720. The second-order valence-corrected chi connectivity index (χ2v) is 4.65. The van der Waals surface area contributed by atoms with Crippen molar-refractivity contribution in [1.29, 1.82) is 0 Å². The van der Waals surface area contributed by atoms with Gasteiger partial charge in [-0.25, -0.2) is 0 Å². The van der Waals surface area contributed by atoms with Crippen molar-refractivity contribution < 1.29 is 4.74 Å². The first kappa shape index (κ1) is 10.3. The monoisotopic (exact) mass is 191 g/mol. The maximum Gasteiger partial charge on any atom is 0.0633 e. The summed E-state index contributed by atoms with van der Waals surface area (Å²) in [5.41, 5.74) is 0.621. The van der Waals surface area contributed by atoms with Crippen LogP contribution >= 0.6 is 12.4 Å². The predicted molar refractivity (Wildman–Crippen MR) is 51.8 cm³/mol. The molecular weight excluding hydrogens is 174 g/mol. The molecule has 3 heteroatoms. The van der Waals surface area contributed by atoms with Gasteiger partial charge in [-0.3, -0.25) is 0 Å². The van der Waals surface area contributed by atoms with Gasteiger partial charge in [-0.2, -0.15) is 0 Å². The number of halogens is 1. The van der Waals surface area contributed by atoms with E-state index in [0.29, 0.717) is 5.41 Å². The van der Waals surface area contributed by atoms with Crippen LogP contribution in [0.25, 0.3) is 0 Å².